The fourth-order valence-electron chi connectivity index (χ4n) is 0.687. The monoisotopic (exact) mass is 172 g/mol. The third-order valence-corrected chi connectivity index (χ3v) is 1.51. The lowest BCUT2D eigenvalue weighted by atomic mass is 9.87. The molecular weight excluding hydrogens is 160 g/mol. The van der Waals surface area contributed by atoms with Crippen molar-refractivity contribution >= 4 is 0 Å². The fraction of sp³-hybridized carbons (Fsp3) is 1.00. The number of azide groups is 1. The second kappa shape index (κ2) is 3.92. The van der Waals surface area contributed by atoms with Crippen molar-refractivity contribution in [3.05, 3.63) is 20.6 Å². The van der Waals surface area contributed by atoms with Crippen molar-refractivity contribution in [2.45, 2.75) is 26.8 Å². The molecule has 0 rings (SSSR count). The van der Waals surface area contributed by atoms with E-state index in [0.29, 0.717) is 0 Å². The van der Waals surface area contributed by atoms with Crippen molar-refractivity contribution in [3.63, 3.8) is 0 Å². The van der Waals surface area contributed by atoms with Crippen LogP contribution in [0.1, 0.15) is 20.8 Å². The van der Waals surface area contributed by atoms with E-state index in [4.69, 9.17) is 5.53 Å². The Morgan fingerprint density at radius 1 is 1.67 bits per heavy atom. The second-order valence-electron chi connectivity index (χ2n) is 3.60. The molecule has 0 aliphatic rings. The fourth-order valence-corrected chi connectivity index (χ4v) is 0.687. The zero-order valence-electron chi connectivity index (χ0n) is 7.39. The lowest BCUT2D eigenvalue weighted by Crippen LogP contribution is -2.31. The van der Waals surface area contributed by atoms with Crippen LogP contribution in [0, 0.1) is 15.5 Å². The third-order valence-electron chi connectivity index (χ3n) is 1.51. The number of rotatable bonds is 3. The summed E-state index contributed by atoms with van der Waals surface area (Å²) in [5, 5.41) is 13.5. The summed E-state index contributed by atoms with van der Waals surface area (Å²) in [4.78, 5) is 12.3. The Balaban J connectivity index is 4.44. The lowest BCUT2D eigenvalue weighted by Gasteiger charge is -2.22. The molecule has 0 aliphatic carbocycles. The third kappa shape index (κ3) is 3.78. The predicted octanol–water partition coefficient (Wildman–Crippen LogP) is 1.99. The smallest absolute Gasteiger partial charge is 0.212 e. The van der Waals surface area contributed by atoms with Gasteiger partial charge >= 0.3 is 0 Å². The van der Waals surface area contributed by atoms with E-state index in [1.165, 1.54) is 0 Å². The van der Waals surface area contributed by atoms with Crippen molar-refractivity contribution in [1.29, 1.82) is 0 Å². The van der Waals surface area contributed by atoms with Crippen LogP contribution >= 0.6 is 0 Å². The molecule has 12 heavy (non-hydrogen) atoms. The number of hydrogen-bond donors (Lipinski definition) is 0. The molecule has 0 heterocycles. The molecular formula is C6H12N4O2. The molecule has 0 aromatic heterocycles. The Morgan fingerprint density at radius 2 is 2.17 bits per heavy atom. The van der Waals surface area contributed by atoms with Gasteiger partial charge in [-0.1, -0.05) is 25.9 Å². The Labute approximate surface area is 70.4 Å². The topological polar surface area (TPSA) is 91.9 Å². The van der Waals surface area contributed by atoms with Crippen LogP contribution in [0.15, 0.2) is 5.11 Å². The van der Waals surface area contributed by atoms with Gasteiger partial charge in [0.25, 0.3) is 0 Å². The van der Waals surface area contributed by atoms with Crippen LogP contribution in [0.5, 0.6) is 0 Å². The lowest BCUT2D eigenvalue weighted by molar-refractivity contribution is -0.484. The van der Waals surface area contributed by atoms with E-state index in [-0.39, 0.29) is 12.0 Å². The molecule has 6 heteroatoms. The Morgan fingerprint density at radius 3 is 2.42 bits per heavy atom. The average Bonchev–Trinajstić information content (AvgIpc) is 1.83. The zero-order chi connectivity index (χ0) is 9.78. The Kier molecular flexibility index (Phi) is 3.50. The van der Waals surface area contributed by atoms with Crippen LogP contribution in [-0.4, -0.2) is 17.5 Å². The van der Waals surface area contributed by atoms with Crippen LogP contribution in [-0.2, 0) is 0 Å². The molecule has 0 spiro atoms. The molecule has 0 fully saturated rings. The summed E-state index contributed by atoms with van der Waals surface area (Å²) in [5.41, 5.74) is 7.79. The minimum Gasteiger partial charge on any atom is -0.265 e. The van der Waals surface area contributed by atoms with Crippen LogP contribution in [0.3, 0.4) is 0 Å². The molecule has 6 nitrogen and oxygen atoms in total. The maximum atomic E-state index is 10.2. The van der Waals surface area contributed by atoms with Gasteiger partial charge in [0.15, 0.2) is 0 Å². The van der Waals surface area contributed by atoms with Crippen LogP contribution in [0.4, 0.5) is 0 Å². The summed E-state index contributed by atoms with van der Waals surface area (Å²) in [6.07, 6.45) is 0. The summed E-state index contributed by atoms with van der Waals surface area (Å²) >= 11 is 0. The summed E-state index contributed by atoms with van der Waals surface area (Å²) < 4.78 is 0. The quantitative estimate of drug-likeness (QED) is 0.214. The highest BCUT2D eigenvalue weighted by Crippen LogP contribution is 2.22. The first-order chi connectivity index (χ1) is 5.38. The van der Waals surface area contributed by atoms with Gasteiger partial charge in [0.2, 0.25) is 6.54 Å². The standard InChI is InChI=1S/C6H12N4O2/c1-6(2,3)5(8-9-7)4-10(11)12/h5H,4H2,1-3H3. The summed E-state index contributed by atoms with van der Waals surface area (Å²) in [6, 6.07) is -0.586. The maximum absolute atomic E-state index is 10.2. The van der Waals surface area contributed by atoms with Gasteiger partial charge in [-0.05, 0) is 10.9 Å². The normalized spacial score (nSPS) is 13.2. The van der Waals surface area contributed by atoms with Gasteiger partial charge in [-0.25, -0.2) is 0 Å². The van der Waals surface area contributed by atoms with Crippen molar-refractivity contribution < 1.29 is 4.92 Å². The van der Waals surface area contributed by atoms with Gasteiger partial charge < -0.3 is 0 Å². The van der Waals surface area contributed by atoms with Gasteiger partial charge in [0.05, 0.1) is 0 Å². The van der Waals surface area contributed by atoms with Gasteiger partial charge in [0, 0.05) is 9.84 Å². The molecule has 0 aliphatic heterocycles. The molecule has 1 unspecified atom stereocenters. The first-order valence-corrected chi connectivity index (χ1v) is 3.54. The Bertz CT molecular complexity index is 214. The minimum absolute atomic E-state index is 0.312. The average molecular weight is 172 g/mol. The molecule has 0 aromatic carbocycles. The van der Waals surface area contributed by atoms with E-state index in [1.807, 2.05) is 0 Å². The van der Waals surface area contributed by atoms with Gasteiger partial charge in [-0.2, -0.15) is 0 Å². The van der Waals surface area contributed by atoms with Gasteiger partial charge in [0.1, 0.15) is 6.04 Å². The van der Waals surface area contributed by atoms with Gasteiger partial charge in [-0.15, -0.1) is 0 Å². The van der Waals surface area contributed by atoms with Crippen LogP contribution in [0.25, 0.3) is 10.4 Å². The molecule has 0 amide bonds. The number of nitrogens with zero attached hydrogens (tertiary/aromatic N) is 4. The van der Waals surface area contributed by atoms with E-state index in [9.17, 15) is 10.1 Å². The van der Waals surface area contributed by atoms with Crippen LogP contribution in [0.2, 0.25) is 0 Å². The highest BCUT2D eigenvalue weighted by atomic mass is 16.6. The highest BCUT2D eigenvalue weighted by Gasteiger charge is 2.27. The van der Waals surface area contributed by atoms with E-state index >= 15 is 0 Å². The van der Waals surface area contributed by atoms with Crippen molar-refractivity contribution in [2.75, 3.05) is 6.54 Å². The van der Waals surface area contributed by atoms with Crippen LogP contribution < -0.4 is 0 Å². The Hall–Kier alpha value is -1.29. The molecule has 1 atom stereocenters. The van der Waals surface area contributed by atoms with Crippen molar-refractivity contribution in [1.82, 2.24) is 0 Å². The van der Waals surface area contributed by atoms with E-state index in [2.05, 4.69) is 10.0 Å². The molecule has 0 aromatic rings. The minimum atomic E-state index is -0.586. The maximum Gasteiger partial charge on any atom is 0.212 e. The first kappa shape index (κ1) is 10.7. The van der Waals surface area contributed by atoms with Crippen molar-refractivity contribution in [3.8, 4) is 0 Å². The highest BCUT2D eigenvalue weighted by molar-refractivity contribution is 4.79. The molecule has 0 N–H and O–H groups in total. The zero-order valence-corrected chi connectivity index (χ0v) is 7.39. The molecule has 0 bridgehead atoms. The summed E-state index contributed by atoms with van der Waals surface area (Å²) in [5.74, 6) is 0. The summed E-state index contributed by atoms with van der Waals surface area (Å²) in [6.45, 7) is 5.09. The summed E-state index contributed by atoms with van der Waals surface area (Å²) in [7, 11) is 0. The largest absolute Gasteiger partial charge is 0.265 e. The number of nitro groups is 1. The number of hydrogen-bond acceptors (Lipinski definition) is 3. The molecule has 68 valence electrons. The van der Waals surface area contributed by atoms with E-state index < -0.39 is 11.0 Å². The molecule has 0 saturated heterocycles. The molecule has 0 saturated carbocycles. The van der Waals surface area contributed by atoms with Gasteiger partial charge in [-0.3, -0.25) is 10.1 Å². The van der Waals surface area contributed by atoms with E-state index in [0.717, 1.165) is 0 Å². The second-order valence-corrected chi connectivity index (χ2v) is 3.60. The van der Waals surface area contributed by atoms with E-state index in [1.54, 1.807) is 20.8 Å². The predicted molar refractivity (Wildman–Crippen MR) is 44.3 cm³/mol. The molecule has 0 radical (unpaired) electrons. The first-order valence-electron chi connectivity index (χ1n) is 3.54. The SMILES string of the molecule is CC(C)(C)C(C[N+](=O)[O-])N=[N+]=[N-]. The van der Waals surface area contributed by atoms with Crippen molar-refractivity contribution in [2.24, 2.45) is 10.5 Å².